The molecule has 1 saturated heterocycles. The zero-order valence-corrected chi connectivity index (χ0v) is 17.6. The van der Waals surface area contributed by atoms with E-state index in [-0.39, 0.29) is 18.1 Å². The van der Waals surface area contributed by atoms with Crippen molar-refractivity contribution in [1.29, 1.82) is 0 Å². The molecule has 4 rings (SSSR count). The zero-order chi connectivity index (χ0) is 22.5. The standard InChI is InChI=1S/C24H25FN4O3/c25-18-7-4-16(5-8-18)21-15-27-23(32-21)11-10-22(30)28-19-14-17(24(26)31)6-9-20(19)29-12-2-1-3-13-29/h4-9,14-15H,1-3,10-13H2,(H2,26,31)(H,28,30). The number of oxazole rings is 1. The van der Waals surface area contributed by atoms with Crippen molar-refractivity contribution < 1.29 is 18.4 Å². The third-order valence-electron chi connectivity index (χ3n) is 5.50. The Hall–Kier alpha value is -3.68. The Kier molecular flexibility index (Phi) is 6.49. The van der Waals surface area contributed by atoms with Crippen molar-refractivity contribution in [3.8, 4) is 11.3 Å². The number of hydrogen-bond acceptors (Lipinski definition) is 5. The summed E-state index contributed by atoms with van der Waals surface area (Å²) in [5, 5.41) is 2.92. The van der Waals surface area contributed by atoms with Gasteiger partial charge in [-0.3, -0.25) is 9.59 Å². The molecule has 0 unspecified atom stereocenters. The number of carbonyl (C=O) groups is 2. The second-order valence-electron chi connectivity index (χ2n) is 7.82. The minimum Gasteiger partial charge on any atom is -0.441 e. The maximum Gasteiger partial charge on any atom is 0.248 e. The van der Waals surface area contributed by atoms with E-state index >= 15 is 0 Å². The minimum absolute atomic E-state index is 0.156. The Morgan fingerprint density at radius 2 is 1.84 bits per heavy atom. The summed E-state index contributed by atoms with van der Waals surface area (Å²) in [6.07, 6.45) is 5.39. The van der Waals surface area contributed by atoms with E-state index < -0.39 is 5.91 Å². The van der Waals surface area contributed by atoms with Gasteiger partial charge in [-0.05, 0) is 61.7 Å². The average molecular weight is 436 g/mol. The van der Waals surface area contributed by atoms with Gasteiger partial charge in [0, 0.05) is 37.1 Å². The monoisotopic (exact) mass is 436 g/mol. The largest absolute Gasteiger partial charge is 0.441 e. The Balaban J connectivity index is 1.43. The van der Waals surface area contributed by atoms with Gasteiger partial charge < -0.3 is 20.4 Å². The fraction of sp³-hybridized carbons (Fsp3) is 0.292. The van der Waals surface area contributed by atoms with E-state index in [1.54, 1.807) is 30.5 Å². The first-order valence-electron chi connectivity index (χ1n) is 10.7. The molecule has 0 spiro atoms. The van der Waals surface area contributed by atoms with Gasteiger partial charge in [0.15, 0.2) is 11.7 Å². The van der Waals surface area contributed by atoms with Crippen LogP contribution in [0, 0.1) is 5.82 Å². The lowest BCUT2D eigenvalue weighted by molar-refractivity contribution is -0.116. The number of rotatable bonds is 7. The number of anilines is 2. The summed E-state index contributed by atoms with van der Waals surface area (Å²) in [6, 6.07) is 11.1. The van der Waals surface area contributed by atoms with Crippen LogP contribution in [-0.2, 0) is 11.2 Å². The number of primary amides is 1. The van der Waals surface area contributed by atoms with Gasteiger partial charge in [-0.15, -0.1) is 0 Å². The van der Waals surface area contributed by atoms with Crippen LogP contribution in [0.1, 0.15) is 41.9 Å². The first-order valence-corrected chi connectivity index (χ1v) is 10.7. The van der Waals surface area contributed by atoms with Crippen LogP contribution in [0.25, 0.3) is 11.3 Å². The quantitative estimate of drug-likeness (QED) is 0.580. The fourth-order valence-electron chi connectivity index (χ4n) is 3.81. The number of aryl methyl sites for hydroxylation is 1. The fourth-order valence-corrected chi connectivity index (χ4v) is 3.81. The van der Waals surface area contributed by atoms with Gasteiger partial charge in [-0.25, -0.2) is 9.37 Å². The molecule has 0 saturated carbocycles. The molecule has 8 heteroatoms. The van der Waals surface area contributed by atoms with Crippen molar-refractivity contribution in [2.45, 2.75) is 32.1 Å². The maximum absolute atomic E-state index is 13.1. The number of carbonyl (C=O) groups excluding carboxylic acids is 2. The number of piperidine rings is 1. The van der Waals surface area contributed by atoms with Crippen molar-refractivity contribution in [3.63, 3.8) is 0 Å². The van der Waals surface area contributed by atoms with Crippen LogP contribution in [0.15, 0.2) is 53.1 Å². The highest BCUT2D eigenvalue weighted by molar-refractivity contribution is 5.99. The van der Waals surface area contributed by atoms with Crippen molar-refractivity contribution in [1.82, 2.24) is 4.98 Å². The van der Waals surface area contributed by atoms with E-state index in [2.05, 4.69) is 15.2 Å². The summed E-state index contributed by atoms with van der Waals surface area (Å²) < 4.78 is 18.8. The molecule has 32 heavy (non-hydrogen) atoms. The van der Waals surface area contributed by atoms with Crippen LogP contribution in [-0.4, -0.2) is 29.9 Å². The molecule has 2 heterocycles. The molecular weight excluding hydrogens is 411 g/mol. The molecule has 3 N–H and O–H groups in total. The number of halogens is 1. The van der Waals surface area contributed by atoms with E-state index in [0.29, 0.717) is 34.9 Å². The average Bonchev–Trinajstić information content (AvgIpc) is 3.28. The molecule has 0 aliphatic carbocycles. The smallest absolute Gasteiger partial charge is 0.248 e. The number of benzene rings is 2. The van der Waals surface area contributed by atoms with Crippen LogP contribution >= 0.6 is 0 Å². The van der Waals surface area contributed by atoms with Crippen molar-refractivity contribution >= 4 is 23.2 Å². The zero-order valence-electron chi connectivity index (χ0n) is 17.6. The van der Waals surface area contributed by atoms with Crippen molar-refractivity contribution in [2.75, 3.05) is 23.3 Å². The van der Waals surface area contributed by atoms with Crippen LogP contribution in [0.5, 0.6) is 0 Å². The highest BCUT2D eigenvalue weighted by Gasteiger charge is 2.18. The second kappa shape index (κ2) is 9.64. The summed E-state index contributed by atoms with van der Waals surface area (Å²) in [5.41, 5.74) is 7.95. The number of aromatic nitrogens is 1. The number of nitrogens with zero attached hydrogens (tertiary/aromatic N) is 2. The molecule has 0 bridgehead atoms. The van der Waals surface area contributed by atoms with Gasteiger partial charge in [0.2, 0.25) is 11.8 Å². The molecule has 166 valence electrons. The van der Waals surface area contributed by atoms with Gasteiger partial charge in [-0.2, -0.15) is 0 Å². The molecule has 1 fully saturated rings. The molecule has 1 aromatic heterocycles. The maximum atomic E-state index is 13.1. The van der Waals surface area contributed by atoms with Crippen molar-refractivity contribution in [2.24, 2.45) is 5.73 Å². The highest BCUT2D eigenvalue weighted by Crippen LogP contribution is 2.30. The summed E-state index contributed by atoms with van der Waals surface area (Å²) in [5.74, 6) is -0.150. The van der Waals surface area contributed by atoms with Gasteiger partial charge in [0.25, 0.3) is 0 Å². The molecule has 2 amide bonds. The molecule has 7 nitrogen and oxygen atoms in total. The molecule has 0 radical (unpaired) electrons. The van der Waals surface area contributed by atoms with E-state index in [0.717, 1.165) is 31.6 Å². The van der Waals surface area contributed by atoms with Crippen LogP contribution in [0.2, 0.25) is 0 Å². The van der Waals surface area contributed by atoms with E-state index in [9.17, 15) is 14.0 Å². The Morgan fingerprint density at radius 3 is 2.56 bits per heavy atom. The Bertz CT molecular complexity index is 1100. The van der Waals surface area contributed by atoms with E-state index in [1.807, 2.05) is 6.07 Å². The summed E-state index contributed by atoms with van der Waals surface area (Å²) in [7, 11) is 0. The van der Waals surface area contributed by atoms with Gasteiger partial charge in [0.1, 0.15) is 5.82 Å². The highest BCUT2D eigenvalue weighted by atomic mass is 19.1. The number of hydrogen-bond donors (Lipinski definition) is 2. The SMILES string of the molecule is NC(=O)c1ccc(N2CCCCC2)c(NC(=O)CCc2ncc(-c3ccc(F)cc3)o2)c1. The molecule has 0 atom stereocenters. The van der Waals surface area contributed by atoms with Crippen molar-refractivity contribution in [3.05, 3.63) is 65.9 Å². The summed E-state index contributed by atoms with van der Waals surface area (Å²) in [6.45, 7) is 1.81. The normalized spacial score (nSPS) is 13.7. The van der Waals surface area contributed by atoms with Crippen LogP contribution in [0.3, 0.4) is 0 Å². The predicted octanol–water partition coefficient (Wildman–Crippen LogP) is 4.14. The Morgan fingerprint density at radius 1 is 1.09 bits per heavy atom. The summed E-state index contributed by atoms with van der Waals surface area (Å²) >= 11 is 0. The van der Waals surface area contributed by atoms with Gasteiger partial charge in [0.05, 0.1) is 17.6 Å². The van der Waals surface area contributed by atoms with Gasteiger partial charge in [-0.1, -0.05) is 0 Å². The molecule has 1 aliphatic heterocycles. The number of nitrogens with one attached hydrogen (secondary N) is 1. The van der Waals surface area contributed by atoms with E-state index in [4.69, 9.17) is 10.2 Å². The van der Waals surface area contributed by atoms with Gasteiger partial charge >= 0.3 is 0 Å². The summed E-state index contributed by atoms with van der Waals surface area (Å²) in [4.78, 5) is 30.7. The predicted molar refractivity (Wildman–Crippen MR) is 120 cm³/mol. The molecule has 1 aliphatic rings. The lowest BCUT2D eigenvalue weighted by Gasteiger charge is -2.30. The number of nitrogens with two attached hydrogens (primary N) is 1. The Labute approximate surface area is 185 Å². The molecule has 3 aromatic rings. The first-order chi connectivity index (χ1) is 15.5. The first kappa shape index (κ1) is 21.5. The molecule has 2 aromatic carbocycles. The number of amides is 2. The second-order valence-corrected chi connectivity index (χ2v) is 7.82. The van der Waals surface area contributed by atoms with E-state index in [1.165, 1.54) is 18.6 Å². The third-order valence-corrected chi connectivity index (χ3v) is 5.50. The van der Waals surface area contributed by atoms with Crippen LogP contribution < -0.4 is 16.0 Å². The van der Waals surface area contributed by atoms with Crippen LogP contribution in [0.4, 0.5) is 15.8 Å². The topological polar surface area (TPSA) is 101 Å². The minimum atomic E-state index is -0.543. The lowest BCUT2D eigenvalue weighted by atomic mass is 10.1. The third kappa shape index (κ3) is 5.14. The lowest BCUT2D eigenvalue weighted by Crippen LogP contribution is -2.30. The molecular formula is C24H25FN4O3.